The molecule has 28 heavy (non-hydrogen) atoms. The van der Waals surface area contributed by atoms with Crippen molar-refractivity contribution in [3.05, 3.63) is 101 Å². The van der Waals surface area contributed by atoms with Crippen LogP contribution in [0.2, 0.25) is 0 Å². The zero-order valence-electron chi connectivity index (χ0n) is 17.6. The summed E-state index contributed by atoms with van der Waals surface area (Å²) >= 11 is 1.87. The second-order valence-electron chi connectivity index (χ2n) is 8.07. The number of rotatable bonds is 5. The molecule has 1 aliphatic rings. The summed E-state index contributed by atoms with van der Waals surface area (Å²) in [6, 6.07) is 17.7. The number of allylic oxidation sites excluding steroid dienone is 7. The first-order valence-electron chi connectivity index (χ1n) is 9.97. The second kappa shape index (κ2) is 8.84. The first kappa shape index (κ1) is 20.5. The lowest BCUT2D eigenvalue weighted by Gasteiger charge is -2.32. The molecular weight excluding hydrogens is 356 g/mol. The van der Waals surface area contributed by atoms with Gasteiger partial charge >= 0.3 is 0 Å². The van der Waals surface area contributed by atoms with Gasteiger partial charge in [0.05, 0.1) is 0 Å². The zero-order chi connectivity index (χ0) is 20.1. The van der Waals surface area contributed by atoms with E-state index < -0.39 is 0 Å². The lowest BCUT2D eigenvalue weighted by Crippen LogP contribution is -2.21. The van der Waals surface area contributed by atoms with Crippen LogP contribution in [0, 0.1) is 0 Å². The second-order valence-corrected chi connectivity index (χ2v) is 9.19. The van der Waals surface area contributed by atoms with Crippen LogP contribution in [0.15, 0.2) is 89.4 Å². The van der Waals surface area contributed by atoms with Gasteiger partial charge in [0.25, 0.3) is 0 Å². The van der Waals surface area contributed by atoms with E-state index in [9.17, 15) is 0 Å². The summed E-state index contributed by atoms with van der Waals surface area (Å²) in [5.41, 5.74) is 6.86. The van der Waals surface area contributed by atoms with Crippen LogP contribution >= 0.6 is 11.8 Å². The lowest BCUT2D eigenvalue weighted by atomic mass is 9.75. The fourth-order valence-electron chi connectivity index (χ4n) is 3.40. The van der Waals surface area contributed by atoms with Crippen LogP contribution in [0.1, 0.15) is 57.7 Å². The summed E-state index contributed by atoms with van der Waals surface area (Å²) in [7, 11) is 0. The maximum absolute atomic E-state index is 2.41. The van der Waals surface area contributed by atoms with Gasteiger partial charge in [0, 0.05) is 9.80 Å². The molecule has 144 valence electrons. The van der Waals surface area contributed by atoms with Crippen molar-refractivity contribution < 1.29 is 0 Å². The molecule has 0 fully saturated rings. The molecule has 0 spiro atoms. The Balaban J connectivity index is 1.96. The van der Waals surface area contributed by atoms with Crippen LogP contribution in [0.25, 0.3) is 10.5 Å². The highest BCUT2D eigenvalue weighted by molar-refractivity contribution is 8.08. The van der Waals surface area contributed by atoms with Gasteiger partial charge in [-0.15, -0.1) is 0 Å². The molecule has 0 radical (unpaired) electrons. The van der Waals surface area contributed by atoms with Gasteiger partial charge in [-0.3, -0.25) is 0 Å². The summed E-state index contributed by atoms with van der Waals surface area (Å²) in [5, 5.41) is 0. The predicted octanol–water partition coefficient (Wildman–Crippen LogP) is 8.43. The fourth-order valence-corrected chi connectivity index (χ4v) is 4.39. The summed E-state index contributed by atoms with van der Waals surface area (Å²) < 4.78 is 0. The van der Waals surface area contributed by atoms with Crippen LogP contribution in [0.5, 0.6) is 0 Å². The molecule has 0 N–H and O–H groups in total. The largest absolute Gasteiger partial charge is 0.0898 e. The monoisotopic (exact) mass is 386 g/mol. The van der Waals surface area contributed by atoms with Crippen molar-refractivity contribution in [2.45, 2.75) is 51.3 Å². The average Bonchev–Trinajstić information content (AvgIpc) is 2.70. The summed E-state index contributed by atoms with van der Waals surface area (Å²) in [6.45, 7) is 11.1. The Morgan fingerprint density at radius 3 is 2.50 bits per heavy atom. The molecular formula is C27H30S. The minimum absolute atomic E-state index is 0.176. The molecule has 0 nitrogen and oxygen atoms in total. The topological polar surface area (TPSA) is 0 Å². The van der Waals surface area contributed by atoms with Crippen LogP contribution in [0.3, 0.4) is 0 Å². The third-order valence-electron chi connectivity index (χ3n) is 5.40. The Morgan fingerprint density at radius 1 is 1.04 bits per heavy atom. The number of fused-ring (bicyclic) bond motifs is 1. The van der Waals surface area contributed by atoms with Crippen molar-refractivity contribution in [1.82, 2.24) is 0 Å². The van der Waals surface area contributed by atoms with E-state index in [2.05, 4.69) is 114 Å². The van der Waals surface area contributed by atoms with E-state index in [1.165, 1.54) is 37.6 Å². The fraction of sp³-hybridized carbons (Fsp3) is 0.259. The SMILES string of the molecule is C/C=C(C)/C=C/C=C(\C)c1ccc2c(c1)C(Sc1ccccc1)=CCC2(C)C. The third-order valence-corrected chi connectivity index (χ3v) is 6.51. The maximum atomic E-state index is 2.41. The van der Waals surface area contributed by atoms with Crippen LogP contribution < -0.4 is 0 Å². The van der Waals surface area contributed by atoms with E-state index in [0.717, 1.165) is 6.42 Å². The van der Waals surface area contributed by atoms with Gasteiger partial charge in [0.15, 0.2) is 0 Å². The quantitative estimate of drug-likeness (QED) is 0.465. The molecule has 0 saturated heterocycles. The number of hydrogen-bond acceptors (Lipinski definition) is 1. The van der Waals surface area contributed by atoms with Crippen molar-refractivity contribution in [3.8, 4) is 0 Å². The Hall–Kier alpha value is -2.25. The van der Waals surface area contributed by atoms with Crippen LogP contribution in [-0.2, 0) is 5.41 Å². The third kappa shape index (κ3) is 4.77. The van der Waals surface area contributed by atoms with Gasteiger partial charge in [0.1, 0.15) is 0 Å². The molecule has 0 saturated carbocycles. The van der Waals surface area contributed by atoms with Gasteiger partial charge in [-0.1, -0.05) is 91.9 Å². The van der Waals surface area contributed by atoms with E-state index in [0.29, 0.717) is 0 Å². The molecule has 0 bridgehead atoms. The number of thioether (sulfide) groups is 1. The number of hydrogen-bond donors (Lipinski definition) is 0. The summed E-state index contributed by atoms with van der Waals surface area (Å²) in [4.78, 5) is 2.66. The van der Waals surface area contributed by atoms with Gasteiger partial charge in [-0.2, -0.15) is 0 Å². The van der Waals surface area contributed by atoms with Crippen molar-refractivity contribution in [1.29, 1.82) is 0 Å². The Kier molecular flexibility index (Phi) is 6.46. The molecule has 0 unspecified atom stereocenters. The van der Waals surface area contributed by atoms with Crippen molar-refractivity contribution in [2.24, 2.45) is 0 Å². The minimum atomic E-state index is 0.176. The molecule has 0 heterocycles. The highest BCUT2D eigenvalue weighted by Crippen LogP contribution is 2.46. The molecule has 1 aliphatic carbocycles. The first-order chi connectivity index (χ1) is 13.4. The van der Waals surface area contributed by atoms with Gasteiger partial charge < -0.3 is 0 Å². The first-order valence-corrected chi connectivity index (χ1v) is 10.8. The predicted molar refractivity (Wildman–Crippen MR) is 127 cm³/mol. The lowest BCUT2D eigenvalue weighted by molar-refractivity contribution is 0.528. The van der Waals surface area contributed by atoms with Gasteiger partial charge in [-0.05, 0) is 73.1 Å². The van der Waals surface area contributed by atoms with Gasteiger partial charge in [-0.25, -0.2) is 0 Å². The van der Waals surface area contributed by atoms with Crippen molar-refractivity contribution in [3.63, 3.8) is 0 Å². The standard InChI is InChI=1S/C27H30S/c1-6-20(2)11-10-12-21(3)22-15-16-25-24(19-22)26(17-18-27(25,4)5)28-23-13-8-7-9-14-23/h6-17,19H,18H2,1-5H3/b11-10+,20-6+,21-12+. The molecule has 0 aromatic heterocycles. The minimum Gasteiger partial charge on any atom is -0.0898 e. The van der Waals surface area contributed by atoms with Crippen LogP contribution in [0.4, 0.5) is 0 Å². The molecule has 3 rings (SSSR count). The molecule has 1 heteroatoms. The van der Waals surface area contributed by atoms with Gasteiger partial charge in [0.2, 0.25) is 0 Å². The maximum Gasteiger partial charge on any atom is 0.0158 e. The van der Waals surface area contributed by atoms with E-state index in [1.54, 1.807) is 0 Å². The smallest absolute Gasteiger partial charge is 0.0158 e. The van der Waals surface area contributed by atoms with Crippen molar-refractivity contribution in [2.75, 3.05) is 0 Å². The molecule has 0 atom stereocenters. The van der Waals surface area contributed by atoms with E-state index >= 15 is 0 Å². The summed E-state index contributed by atoms with van der Waals surface area (Å²) in [6.07, 6.45) is 12.1. The van der Waals surface area contributed by atoms with Crippen molar-refractivity contribution >= 4 is 22.2 Å². The molecule has 0 amide bonds. The highest BCUT2D eigenvalue weighted by atomic mass is 32.2. The number of benzene rings is 2. The molecule has 2 aromatic rings. The Bertz CT molecular complexity index is 953. The van der Waals surface area contributed by atoms with E-state index in [4.69, 9.17) is 0 Å². The van der Waals surface area contributed by atoms with E-state index in [1.807, 2.05) is 11.8 Å². The highest BCUT2D eigenvalue weighted by Gasteiger charge is 2.28. The zero-order valence-corrected chi connectivity index (χ0v) is 18.4. The Labute approximate surface area is 174 Å². The van der Waals surface area contributed by atoms with Crippen LogP contribution in [-0.4, -0.2) is 0 Å². The summed E-state index contributed by atoms with van der Waals surface area (Å²) in [5.74, 6) is 0. The average molecular weight is 387 g/mol. The normalized spacial score (nSPS) is 16.8. The molecule has 2 aromatic carbocycles. The Morgan fingerprint density at radius 2 is 1.79 bits per heavy atom. The molecule has 0 aliphatic heterocycles. The van der Waals surface area contributed by atoms with E-state index in [-0.39, 0.29) is 5.41 Å².